The number of carbonyl (C=O) groups is 1. The number of rotatable bonds is 5. The summed E-state index contributed by atoms with van der Waals surface area (Å²) in [6, 6.07) is 9.01. The Hall–Kier alpha value is -2.43. The summed E-state index contributed by atoms with van der Waals surface area (Å²) in [5, 5.41) is 0. The van der Waals surface area contributed by atoms with Crippen LogP contribution in [0.3, 0.4) is 0 Å². The fourth-order valence-corrected chi connectivity index (χ4v) is 5.93. The Kier molecular flexibility index (Phi) is 6.43. The van der Waals surface area contributed by atoms with Gasteiger partial charge in [0.1, 0.15) is 10.6 Å². The van der Waals surface area contributed by atoms with Crippen molar-refractivity contribution in [2.75, 3.05) is 24.8 Å². The molecule has 3 rings (SSSR count). The molecule has 0 spiro atoms. The molecule has 32 heavy (non-hydrogen) atoms. The Bertz CT molecular complexity index is 1260. The zero-order valence-corrected chi connectivity index (χ0v) is 20.4. The first-order valence-electron chi connectivity index (χ1n) is 10.1. The molecule has 0 aliphatic carbocycles. The van der Waals surface area contributed by atoms with E-state index in [0.717, 1.165) is 11.8 Å². The average Bonchev–Trinajstić information content (AvgIpc) is 2.69. The molecule has 0 fully saturated rings. The first-order chi connectivity index (χ1) is 14.7. The van der Waals surface area contributed by atoms with Gasteiger partial charge in [-0.25, -0.2) is 21.6 Å². The number of hydrogen-bond donors (Lipinski definition) is 1. The van der Waals surface area contributed by atoms with E-state index < -0.39 is 25.4 Å². The molecule has 0 saturated heterocycles. The number of hydrogen-bond acceptors (Lipinski definition) is 6. The van der Waals surface area contributed by atoms with Gasteiger partial charge >= 0.3 is 0 Å². The third kappa shape index (κ3) is 5.13. The van der Waals surface area contributed by atoms with E-state index in [1.54, 1.807) is 37.8 Å². The van der Waals surface area contributed by atoms with Crippen LogP contribution in [0.1, 0.15) is 43.1 Å². The summed E-state index contributed by atoms with van der Waals surface area (Å²) in [4.78, 5) is 15.0. The molecule has 1 aliphatic rings. The van der Waals surface area contributed by atoms with Crippen molar-refractivity contribution < 1.29 is 26.4 Å². The van der Waals surface area contributed by atoms with Crippen molar-refractivity contribution >= 4 is 31.5 Å². The van der Waals surface area contributed by atoms with Crippen LogP contribution < -0.4 is 14.4 Å². The summed E-state index contributed by atoms with van der Waals surface area (Å²) in [6.45, 7) is 5.61. The third-order valence-corrected chi connectivity index (χ3v) is 7.87. The highest BCUT2D eigenvalue weighted by molar-refractivity contribution is 7.90. The Morgan fingerprint density at radius 1 is 1.06 bits per heavy atom. The summed E-state index contributed by atoms with van der Waals surface area (Å²) in [5.41, 5.74) is 0.873. The normalized spacial score (nSPS) is 14.7. The molecule has 174 valence electrons. The van der Waals surface area contributed by atoms with Gasteiger partial charge in [0.2, 0.25) is 10.0 Å². The Labute approximate surface area is 189 Å². The van der Waals surface area contributed by atoms with Gasteiger partial charge in [-0.05, 0) is 75.6 Å². The van der Waals surface area contributed by atoms with Gasteiger partial charge in [-0.3, -0.25) is 4.79 Å². The van der Waals surface area contributed by atoms with Crippen LogP contribution in [0, 0.1) is 0 Å². The smallest absolute Gasteiger partial charge is 0.258 e. The Balaban J connectivity index is 2.03. The van der Waals surface area contributed by atoms with Gasteiger partial charge in [0.05, 0.1) is 12.0 Å². The summed E-state index contributed by atoms with van der Waals surface area (Å²) in [6.07, 6.45) is 2.46. The van der Waals surface area contributed by atoms with Gasteiger partial charge in [-0.2, -0.15) is 0 Å². The number of carbonyl (C=O) groups excluding carboxylic acids is 1. The lowest BCUT2D eigenvalue weighted by atomic mass is 10.0. The van der Waals surface area contributed by atoms with E-state index in [-0.39, 0.29) is 27.0 Å². The maximum absolute atomic E-state index is 13.4. The quantitative estimate of drug-likeness (QED) is 0.705. The Morgan fingerprint density at radius 2 is 1.75 bits per heavy atom. The minimum atomic E-state index is -3.94. The van der Waals surface area contributed by atoms with Crippen LogP contribution in [0.4, 0.5) is 5.69 Å². The number of nitrogens with one attached hydrogen (secondary N) is 1. The molecule has 10 heteroatoms. The summed E-state index contributed by atoms with van der Waals surface area (Å²) in [5.74, 6) is -0.233. The van der Waals surface area contributed by atoms with Gasteiger partial charge in [0.25, 0.3) is 5.91 Å². The molecular weight excluding hydrogens is 452 g/mol. The van der Waals surface area contributed by atoms with E-state index in [4.69, 9.17) is 4.74 Å². The molecule has 2 aromatic rings. The second-order valence-corrected chi connectivity index (χ2v) is 12.5. The van der Waals surface area contributed by atoms with Crippen LogP contribution in [0.25, 0.3) is 0 Å². The fourth-order valence-electron chi connectivity index (χ4n) is 3.65. The number of nitrogens with zero attached hydrogens (tertiary/aromatic N) is 1. The predicted octanol–water partition coefficient (Wildman–Crippen LogP) is 2.77. The van der Waals surface area contributed by atoms with Crippen molar-refractivity contribution in [1.82, 2.24) is 4.72 Å². The molecule has 0 saturated carbocycles. The zero-order chi connectivity index (χ0) is 23.9. The number of ether oxygens (including phenoxy) is 1. The first-order valence-corrected chi connectivity index (χ1v) is 13.5. The average molecular weight is 481 g/mol. The molecule has 1 N–H and O–H groups in total. The highest BCUT2D eigenvalue weighted by atomic mass is 32.2. The SMILES string of the molecule is COc1ccc(C(=O)N2CCCc3cc(S(C)(=O)=O)ccc32)cc1S(=O)(=O)NC(C)(C)C. The molecule has 8 nitrogen and oxygen atoms in total. The fraction of sp³-hybridized carbons (Fsp3) is 0.409. The van der Waals surface area contributed by atoms with Crippen molar-refractivity contribution in [3.63, 3.8) is 0 Å². The lowest BCUT2D eigenvalue weighted by Crippen LogP contribution is -2.40. The highest BCUT2D eigenvalue weighted by Gasteiger charge is 2.29. The molecule has 1 aliphatic heterocycles. The molecule has 0 unspecified atom stereocenters. The molecule has 1 amide bonds. The molecule has 0 aromatic heterocycles. The van der Waals surface area contributed by atoms with Crippen LogP contribution in [0.15, 0.2) is 46.2 Å². The lowest BCUT2D eigenvalue weighted by Gasteiger charge is -2.30. The standard InChI is InChI=1S/C22H28N2O6S2/c1-22(2,3)23-32(28,29)20-14-16(8-11-19(20)30-4)21(25)24-12-6-7-15-13-17(31(5,26)27)9-10-18(15)24/h8-11,13-14,23H,6-7,12H2,1-5H3. The number of anilines is 1. The molecule has 2 aromatic carbocycles. The van der Waals surface area contributed by atoms with E-state index >= 15 is 0 Å². The number of fused-ring (bicyclic) bond motifs is 1. The van der Waals surface area contributed by atoms with Gasteiger partial charge < -0.3 is 9.64 Å². The number of aryl methyl sites for hydroxylation is 1. The number of benzene rings is 2. The molecule has 1 heterocycles. The maximum Gasteiger partial charge on any atom is 0.258 e. The van der Waals surface area contributed by atoms with Crippen molar-refractivity contribution in [2.24, 2.45) is 0 Å². The predicted molar refractivity (Wildman–Crippen MR) is 123 cm³/mol. The number of methoxy groups -OCH3 is 1. The third-order valence-electron chi connectivity index (χ3n) is 4.98. The van der Waals surface area contributed by atoms with Gasteiger partial charge in [-0.15, -0.1) is 0 Å². The van der Waals surface area contributed by atoms with E-state index in [1.807, 2.05) is 0 Å². The second-order valence-electron chi connectivity index (χ2n) is 8.84. The van der Waals surface area contributed by atoms with Crippen molar-refractivity contribution in [3.8, 4) is 5.75 Å². The van der Waals surface area contributed by atoms with E-state index in [1.165, 1.54) is 31.4 Å². The van der Waals surface area contributed by atoms with Crippen LogP contribution >= 0.6 is 0 Å². The van der Waals surface area contributed by atoms with Crippen LogP contribution in [-0.4, -0.2) is 48.2 Å². The van der Waals surface area contributed by atoms with Gasteiger partial charge in [0.15, 0.2) is 9.84 Å². The van der Waals surface area contributed by atoms with Crippen molar-refractivity contribution in [3.05, 3.63) is 47.5 Å². The number of amides is 1. The molecular formula is C22H28N2O6S2. The molecule has 0 radical (unpaired) electrons. The lowest BCUT2D eigenvalue weighted by molar-refractivity contribution is 0.0985. The van der Waals surface area contributed by atoms with E-state index in [0.29, 0.717) is 25.1 Å². The summed E-state index contributed by atoms with van der Waals surface area (Å²) >= 11 is 0. The minimum absolute atomic E-state index is 0.120. The van der Waals surface area contributed by atoms with Crippen LogP contribution in [0.5, 0.6) is 5.75 Å². The molecule has 0 atom stereocenters. The van der Waals surface area contributed by atoms with E-state index in [2.05, 4.69) is 4.72 Å². The number of sulfonamides is 1. The van der Waals surface area contributed by atoms with E-state index in [9.17, 15) is 21.6 Å². The highest BCUT2D eigenvalue weighted by Crippen LogP contribution is 2.32. The number of sulfone groups is 1. The first kappa shape index (κ1) is 24.2. The summed E-state index contributed by atoms with van der Waals surface area (Å²) in [7, 11) is -5.94. The Morgan fingerprint density at radius 3 is 2.34 bits per heavy atom. The van der Waals surface area contributed by atoms with Crippen molar-refractivity contribution in [2.45, 2.75) is 48.9 Å². The zero-order valence-electron chi connectivity index (χ0n) is 18.8. The largest absolute Gasteiger partial charge is 0.495 e. The minimum Gasteiger partial charge on any atom is -0.495 e. The van der Waals surface area contributed by atoms with Crippen LogP contribution in [-0.2, 0) is 26.3 Å². The van der Waals surface area contributed by atoms with Crippen molar-refractivity contribution in [1.29, 1.82) is 0 Å². The summed E-state index contributed by atoms with van der Waals surface area (Å²) < 4.78 is 57.5. The van der Waals surface area contributed by atoms with Crippen LogP contribution in [0.2, 0.25) is 0 Å². The monoisotopic (exact) mass is 480 g/mol. The van der Waals surface area contributed by atoms with Gasteiger partial charge in [-0.1, -0.05) is 0 Å². The van der Waals surface area contributed by atoms with Gasteiger partial charge in [0, 0.05) is 29.6 Å². The maximum atomic E-state index is 13.4. The molecule has 0 bridgehead atoms. The second kappa shape index (κ2) is 8.49. The topological polar surface area (TPSA) is 110 Å².